The monoisotopic (exact) mass is 250 g/mol. The molecule has 18 heavy (non-hydrogen) atoms. The summed E-state index contributed by atoms with van der Waals surface area (Å²) in [4.78, 5) is 11.3. The zero-order valence-corrected chi connectivity index (χ0v) is 11.1. The molecular weight excluding hydrogens is 232 g/mol. The van der Waals surface area contributed by atoms with E-state index >= 15 is 0 Å². The van der Waals surface area contributed by atoms with E-state index in [0.717, 1.165) is 0 Å². The summed E-state index contributed by atoms with van der Waals surface area (Å²) in [6, 6.07) is 4.74. The highest BCUT2D eigenvalue weighted by Gasteiger charge is 2.10. The number of carbonyl (C=O) groups excluding carboxylic acids is 1. The van der Waals surface area contributed by atoms with E-state index in [1.165, 1.54) is 20.3 Å². The van der Waals surface area contributed by atoms with Crippen LogP contribution in [0.4, 0.5) is 0 Å². The van der Waals surface area contributed by atoms with Gasteiger partial charge in [0.1, 0.15) is 6.61 Å². The van der Waals surface area contributed by atoms with Crippen molar-refractivity contribution in [3.8, 4) is 23.8 Å². The van der Waals surface area contributed by atoms with E-state index in [1.54, 1.807) is 12.1 Å². The molecule has 0 atom stereocenters. The Labute approximate surface area is 108 Å². The lowest BCUT2D eigenvalue weighted by atomic mass is 10.2. The van der Waals surface area contributed by atoms with E-state index in [2.05, 4.69) is 10.7 Å². The average Bonchev–Trinajstić information content (AvgIpc) is 2.46. The van der Waals surface area contributed by atoms with Crippen LogP contribution in [0.1, 0.15) is 24.2 Å². The van der Waals surface area contributed by atoms with Gasteiger partial charge in [0.05, 0.1) is 19.8 Å². The van der Waals surface area contributed by atoms with Crippen LogP contribution in [0.5, 0.6) is 11.5 Å². The number of hydrogen-bond donors (Lipinski definition) is 0. The second kappa shape index (κ2) is 8.94. The van der Waals surface area contributed by atoms with Gasteiger partial charge in [-0.3, -0.25) is 0 Å². The number of terminal acetylenes is 1. The van der Waals surface area contributed by atoms with Gasteiger partial charge in [0.2, 0.25) is 0 Å². The Hall–Kier alpha value is -2.15. The minimum Gasteiger partial charge on any atom is -0.493 e. The number of carbonyl (C=O) groups is 1. The quantitative estimate of drug-likeness (QED) is 0.608. The third-order valence-corrected chi connectivity index (χ3v) is 1.90. The first-order valence-corrected chi connectivity index (χ1v) is 5.55. The molecule has 0 saturated heterocycles. The maximum absolute atomic E-state index is 11.3. The third-order valence-electron chi connectivity index (χ3n) is 1.90. The SMILES string of the molecule is C#CCOc1ccc(C(=O)OC)cc1OC.CC. The predicted octanol–water partition coefficient (Wildman–Crippen LogP) is 2.52. The molecule has 0 aromatic heterocycles. The van der Waals surface area contributed by atoms with Crippen molar-refractivity contribution in [2.24, 2.45) is 0 Å². The zero-order valence-electron chi connectivity index (χ0n) is 11.1. The highest BCUT2D eigenvalue weighted by molar-refractivity contribution is 5.90. The average molecular weight is 250 g/mol. The third kappa shape index (κ3) is 4.38. The maximum atomic E-state index is 11.3. The molecule has 0 heterocycles. The fourth-order valence-corrected chi connectivity index (χ4v) is 1.15. The van der Waals surface area contributed by atoms with Gasteiger partial charge < -0.3 is 14.2 Å². The second-order valence-electron chi connectivity index (χ2n) is 2.85. The summed E-state index contributed by atoms with van der Waals surface area (Å²) in [6.45, 7) is 4.15. The standard InChI is InChI=1S/C12H12O4.C2H6/c1-4-7-16-10-6-5-9(12(13)15-3)8-11(10)14-2;1-2/h1,5-6,8H,7H2,2-3H3;1-2H3. The largest absolute Gasteiger partial charge is 0.493 e. The highest BCUT2D eigenvalue weighted by Crippen LogP contribution is 2.28. The number of esters is 1. The summed E-state index contributed by atoms with van der Waals surface area (Å²) >= 11 is 0. The van der Waals surface area contributed by atoms with E-state index in [-0.39, 0.29) is 6.61 Å². The van der Waals surface area contributed by atoms with E-state index in [0.29, 0.717) is 17.1 Å². The lowest BCUT2D eigenvalue weighted by Gasteiger charge is -2.09. The van der Waals surface area contributed by atoms with Gasteiger partial charge in [-0.1, -0.05) is 19.8 Å². The van der Waals surface area contributed by atoms with Gasteiger partial charge in [0.25, 0.3) is 0 Å². The molecule has 0 bridgehead atoms. The molecule has 0 aliphatic rings. The summed E-state index contributed by atoms with van der Waals surface area (Å²) in [5.74, 6) is 2.85. The lowest BCUT2D eigenvalue weighted by Crippen LogP contribution is -2.03. The van der Waals surface area contributed by atoms with Crippen LogP contribution >= 0.6 is 0 Å². The molecule has 0 spiro atoms. The summed E-state index contributed by atoms with van der Waals surface area (Å²) in [5.41, 5.74) is 0.396. The van der Waals surface area contributed by atoms with Gasteiger partial charge >= 0.3 is 5.97 Å². The van der Waals surface area contributed by atoms with Gasteiger partial charge in [0, 0.05) is 0 Å². The van der Waals surface area contributed by atoms with Crippen LogP contribution in [0.3, 0.4) is 0 Å². The van der Waals surface area contributed by atoms with E-state index < -0.39 is 5.97 Å². The van der Waals surface area contributed by atoms with E-state index in [4.69, 9.17) is 15.9 Å². The summed E-state index contributed by atoms with van der Waals surface area (Å²) in [6.07, 6.45) is 5.08. The van der Waals surface area contributed by atoms with E-state index in [9.17, 15) is 4.79 Å². The molecule has 1 rings (SSSR count). The van der Waals surface area contributed by atoms with Crippen molar-refractivity contribution in [3.63, 3.8) is 0 Å². The van der Waals surface area contributed by atoms with Crippen molar-refractivity contribution < 1.29 is 19.0 Å². The molecule has 0 N–H and O–H groups in total. The van der Waals surface area contributed by atoms with Crippen LogP contribution in [0, 0.1) is 12.3 Å². The Balaban J connectivity index is 0.00000137. The molecule has 0 radical (unpaired) electrons. The number of rotatable bonds is 4. The molecule has 4 heteroatoms. The highest BCUT2D eigenvalue weighted by atomic mass is 16.5. The zero-order chi connectivity index (χ0) is 14.0. The number of benzene rings is 1. The van der Waals surface area contributed by atoms with Crippen LogP contribution < -0.4 is 9.47 Å². The minimum atomic E-state index is -0.429. The predicted molar refractivity (Wildman–Crippen MR) is 70.0 cm³/mol. The number of methoxy groups -OCH3 is 2. The fourth-order valence-electron chi connectivity index (χ4n) is 1.15. The van der Waals surface area contributed by atoms with Gasteiger partial charge in [-0.05, 0) is 18.2 Å². The van der Waals surface area contributed by atoms with Crippen molar-refractivity contribution in [3.05, 3.63) is 23.8 Å². The molecule has 0 amide bonds. The molecule has 4 nitrogen and oxygen atoms in total. The van der Waals surface area contributed by atoms with Gasteiger partial charge in [-0.25, -0.2) is 4.79 Å². The summed E-state index contributed by atoms with van der Waals surface area (Å²) < 4.78 is 14.9. The smallest absolute Gasteiger partial charge is 0.337 e. The van der Waals surface area contributed by atoms with Gasteiger partial charge in [-0.2, -0.15) is 0 Å². The van der Waals surface area contributed by atoms with Crippen LogP contribution in [0.25, 0.3) is 0 Å². The summed E-state index contributed by atoms with van der Waals surface area (Å²) in [7, 11) is 2.80. The van der Waals surface area contributed by atoms with Crippen LogP contribution in [0.15, 0.2) is 18.2 Å². The molecule has 0 unspecified atom stereocenters. The molecule has 0 aliphatic heterocycles. The first-order chi connectivity index (χ1) is 8.72. The Morgan fingerprint density at radius 1 is 1.28 bits per heavy atom. The van der Waals surface area contributed by atoms with Gasteiger partial charge in [-0.15, -0.1) is 6.42 Å². The molecule has 0 aliphatic carbocycles. The molecule has 0 fully saturated rings. The van der Waals surface area contributed by atoms with Gasteiger partial charge in [0.15, 0.2) is 11.5 Å². The van der Waals surface area contributed by atoms with Crippen molar-refractivity contribution in [2.45, 2.75) is 13.8 Å². The van der Waals surface area contributed by atoms with Crippen molar-refractivity contribution in [1.29, 1.82) is 0 Å². The first kappa shape index (κ1) is 15.9. The Morgan fingerprint density at radius 2 is 1.94 bits per heavy atom. The molecule has 1 aromatic carbocycles. The second-order valence-corrected chi connectivity index (χ2v) is 2.85. The molecule has 0 saturated carbocycles. The van der Waals surface area contributed by atoms with Crippen LogP contribution in [-0.2, 0) is 4.74 Å². The lowest BCUT2D eigenvalue weighted by molar-refractivity contribution is 0.0600. The van der Waals surface area contributed by atoms with Crippen molar-refractivity contribution >= 4 is 5.97 Å². The topological polar surface area (TPSA) is 44.8 Å². The van der Waals surface area contributed by atoms with Crippen molar-refractivity contribution in [1.82, 2.24) is 0 Å². The molecular formula is C14H18O4. The summed E-state index contributed by atoms with van der Waals surface area (Å²) in [5, 5.41) is 0. The number of hydrogen-bond acceptors (Lipinski definition) is 4. The van der Waals surface area contributed by atoms with Crippen LogP contribution in [0.2, 0.25) is 0 Å². The van der Waals surface area contributed by atoms with E-state index in [1.807, 2.05) is 13.8 Å². The Morgan fingerprint density at radius 3 is 2.44 bits per heavy atom. The maximum Gasteiger partial charge on any atom is 0.337 e. The molecule has 1 aromatic rings. The van der Waals surface area contributed by atoms with Crippen molar-refractivity contribution in [2.75, 3.05) is 20.8 Å². The normalized spacial score (nSPS) is 8.39. The Kier molecular flexibility index (Phi) is 7.87. The fraction of sp³-hybridized carbons (Fsp3) is 0.357. The molecule has 98 valence electrons. The van der Waals surface area contributed by atoms with Crippen LogP contribution in [-0.4, -0.2) is 26.8 Å². The number of ether oxygens (including phenoxy) is 3. The minimum absolute atomic E-state index is 0.147. The first-order valence-electron chi connectivity index (χ1n) is 5.55. The Bertz CT molecular complexity index is 418.